The summed E-state index contributed by atoms with van der Waals surface area (Å²) in [5.41, 5.74) is 5.72. The van der Waals surface area contributed by atoms with Crippen LogP contribution in [-0.4, -0.2) is 25.6 Å². The predicted octanol–water partition coefficient (Wildman–Crippen LogP) is 1.36. The van der Waals surface area contributed by atoms with Gasteiger partial charge in [0.2, 0.25) is 5.91 Å². The number of nitrogens with two attached hydrogens (primary N) is 1. The molecule has 5 nitrogen and oxygen atoms in total. The van der Waals surface area contributed by atoms with Crippen LogP contribution >= 0.6 is 11.6 Å². The van der Waals surface area contributed by atoms with E-state index in [4.69, 9.17) is 17.3 Å². The van der Waals surface area contributed by atoms with E-state index in [0.717, 1.165) is 12.8 Å². The van der Waals surface area contributed by atoms with E-state index in [1.165, 1.54) is 19.1 Å². The van der Waals surface area contributed by atoms with Gasteiger partial charge in [0, 0.05) is 6.04 Å². The summed E-state index contributed by atoms with van der Waals surface area (Å²) in [4.78, 5) is 11.7. The van der Waals surface area contributed by atoms with E-state index in [1.807, 2.05) is 0 Å². The van der Waals surface area contributed by atoms with Crippen LogP contribution in [0.5, 0.6) is 0 Å². The molecule has 1 aliphatic carbocycles. The number of nitrogens with one attached hydrogen (secondary N) is 1. The maximum Gasteiger partial charge on any atom is 0.238 e. The Morgan fingerprint density at radius 2 is 2.11 bits per heavy atom. The lowest BCUT2D eigenvalue weighted by atomic mass is 10.3. The summed E-state index contributed by atoms with van der Waals surface area (Å²) in [5, 5.41) is 1.49. The molecule has 1 atom stereocenters. The summed E-state index contributed by atoms with van der Waals surface area (Å²) in [7, 11) is -3.89. The Balaban J connectivity index is 2.33. The molecule has 104 valence electrons. The molecule has 3 N–H and O–H groups in total. The Hall–Kier alpha value is -1.27. The zero-order valence-electron chi connectivity index (χ0n) is 10.4. The SMILES string of the molecule is CC(C(=O)NC1CC1)S(=O)(=O)c1c(N)cccc1Cl. The number of halogens is 1. The first-order valence-corrected chi connectivity index (χ1v) is 7.84. The molecule has 0 aliphatic heterocycles. The minimum absolute atomic E-state index is 0.0334. The van der Waals surface area contributed by atoms with Crippen LogP contribution in [0.1, 0.15) is 19.8 Å². The number of sulfone groups is 1. The number of carbonyl (C=O) groups excluding carboxylic acids is 1. The average molecular weight is 303 g/mol. The summed E-state index contributed by atoms with van der Waals surface area (Å²) in [6.07, 6.45) is 1.79. The normalized spacial score (nSPS) is 16.9. The van der Waals surface area contributed by atoms with E-state index in [0.29, 0.717) is 0 Å². The molecule has 19 heavy (non-hydrogen) atoms. The summed E-state index contributed by atoms with van der Waals surface area (Å²) >= 11 is 5.89. The van der Waals surface area contributed by atoms with Crippen LogP contribution in [0.4, 0.5) is 5.69 Å². The van der Waals surface area contributed by atoms with Gasteiger partial charge in [0.05, 0.1) is 10.7 Å². The van der Waals surface area contributed by atoms with Crippen LogP contribution in [0.15, 0.2) is 23.1 Å². The molecule has 0 bridgehead atoms. The molecular weight excluding hydrogens is 288 g/mol. The molecule has 1 amide bonds. The van der Waals surface area contributed by atoms with Gasteiger partial charge < -0.3 is 11.1 Å². The van der Waals surface area contributed by atoms with Crippen molar-refractivity contribution < 1.29 is 13.2 Å². The number of benzene rings is 1. The number of hydrogen-bond donors (Lipinski definition) is 2. The highest BCUT2D eigenvalue weighted by Crippen LogP contribution is 2.30. The Labute approximate surface area is 117 Å². The molecule has 1 fully saturated rings. The smallest absolute Gasteiger partial charge is 0.238 e. The summed E-state index contributed by atoms with van der Waals surface area (Å²) in [6.45, 7) is 1.34. The number of amides is 1. The first kappa shape index (κ1) is 14.1. The van der Waals surface area contributed by atoms with Gasteiger partial charge in [-0.15, -0.1) is 0 Å². The van der Waals surface area contributed by atoms with E-state index >= 15 is 0 Å². The molecule has 1 aliphatic rings. The highest BCUT2D eigenvalue weighted by Gasteiger charge is 2.35. The molecule has 1 aromatic carbocycles. The fourth-order valence-corrected chi connectivity index (χ4v) is 3.63. The van der Waals surface area contributed by atoms with E-state index < -0.39 is 21.0 Å². The molecule has 7 heteroatoms. The van der Waals surface area contributed by atoms with Crippen LogP contribution < -0.4 is 11.1 Å². The Kier molecular flexibility index (Phi) is 3.73. The first-order valence-electron chi connectivity index (χ1n) is 5.92. The van der Waals surface area contributed by atoms with Crippen molar-refractivity contribution in [3.63, 3.8) is 0 Å². The Morgan fingerprint density at radius 3 is 2.63 bits per heavy atom. The molecule has 2 rings (SSSR count). The summed E-state index contributed by atoms with van der Waals surface area (Å²) < 4.78 is 24.8. The topological polar surface area (TPSA) is 89.3 Å². The van der Waals surface area contributed by atoms with Gasteiger partial charge >= 0.3 is 0 Å². The zero-order chi connectivity index (χ0) is 14.2. The van der Waals surface area contributed by atoms with Crippen molar-refractivity contribution in [3.05, 3.63) is 23.2 Å². The lowest BCUT2D eigenvalue weighted by molar-refractivity contribution is -0.120. The first-order chi connectivity index (χ1) is 8.84. The van der Waals surface area contributed by atoms with E-state index in [1.54, 1.807) is 6.07 Å². The van der Waals surface area contributed by atoms with Crippen molar-refractivity contribution in [1.82, 2.24) is 5.32 Å². The van der Waals surface area contributed by atoms with E-state index in [2.05, 4.69) is 5.32 Å². The van der Waals surface area contributed by atoms with Crippen molar-refractivity contribution in [2.45, 2.75) is 36.0 Å². The van der Waals surface area contributed by atoms with Crippen LogP contribution in [0.25, 0.3) is 0 Å². The highest BCUT2D eigenvalue weighted by atomic mass is 35.5. The van der Waals surface area contributed by atoms with Crippen molar-refractivity contribution in [2.75, 3.05) is 5.73 Å². The van der Waals surface area contributed by atoms with Crippen molar-refractivity contribution >= 4 is 33.0 Å². The minimum Gasteiger partial charge on any atom is -0.398 e. The molecule has 1 saturated carbocycles. The average Bonchev–Trinajstić information content (AvgIpc) is 3.11. The Bertz CT molecular complexity index is 591. The van der Waals surface area contributed by atoms with Crippen LogP contribution in [0.3, 0.4) is 0 Å². The third-order valence-electron chi connectivity index (χ3n) is 3.04. The Morgan fingerprint density at radius 1 is 1.47 bits per heavy atom. The predicted molar refractivity (Wildman–Crippen MR) is 73.7 cm³/mol. The quantitative estimate of drug-likeness (QED) is 0.822. The molecular formula is C12H15ClN2O3S. The third kappa shape index (κ3) is 2.84. The second-order valence-corrected chi connectivity index (χ2v) is 7.24. The number of carbonyl (C=O) groups is 1. The summed E-state index contributed by atoms with van der Waals surface area (Å²) in [5.74, 6) is -0.512. The zero-order valence-corrected chi connectivity index (χ0v) is 12.0. The van der Waals surface area contributed by atoms with Crippen molar-refractivity contribution in [3.8, 4) is 0 Å². The fraction of sp³-hybridized carbons (Fsp3) is 0.417. The number of hydrogen-bond acceptors (Lipinski definition) is 4. The molecule has 0 radical (unpaired) electrons. The second kappa shape index (κ2) is 5.02. The van der Waals surface area contributed by atoms with Gasteiger partial charge in [0.25, 0.3) is 0 Å². The van der Waals surface area contributed by atoms with Crippen LogP contribution in [0.2, 0.25) is 5.02 Å². The maximum absolute atomic E-state index is 12.4. The largest absolute Gasteiger partial charge is 0.398 e. The number of nitrogen functional groups attached to an aromatic ring is 1. The van der Waals surface area contributed by atoms with Crippen LogP contribution in [-0.2, 0) is 14.6 Å². The molecule has 0 aromatic heterocycles. The van der Waals surface area contributed by atoms with Crippen molar-refractivity contribution in [1.29, 1.82) is 0 Å². The van der Waals surface area contributed by atoms with Gasteiger partial charge in [0.15, 0.2) is 9.84 Å². The molecule has 0 saturated heterocycles. The monoisotopic (exact) mass is 302 g/mol. The number of anilines is 1. The fourth-order valence-electron chi connectivity index (χ4n) is 1.69. The van der Waals surface area contributed by atoms with E-state index in [-0.39, 0.29) is 21.6 Å². The van der Waals surface area contributed by atoms with E-state index in [9.17, 15) is 13.2 Å². The third-order valence-corrected chi connectivity index (χ3v) is 5.64. The standard InChI is InChI=1S/C12H15ClN2O3S/c1-7(12(16)15-8-5-6-8)19(17,18)11-9(13)3-2-4-10(11)14/h2-4,7-8H,5-6,14H2,1H3,(H,15,16). The van der Waals surface area contributed by atoms with Gasteiger partial charge in [0.1, 0.15) is 10.1 Å². The lowest BCUT2D eigenvalue weighted by Gasteiger charge is -2.15. The molecule has 1 aromatic rings. The maximum atomic E-state index is 12.4. The van der Waals surface area contributed by atoms with Gasteiger partial charge in [-0.1, -0.05) is 17.7 Å². The van der Waals surface area contributed by atoms with Gasteiger partial charge in [-0.05, 0) is 31.9 Å². The van der Waals surface area contributed by atoms with Gasteiger partial charge in [-0.25, -0.2) is 8.42 Å². The van der Waals surface area contributed by atoms with Crippen LogP contribution in [0, 0.1) is 0 Å². The molecule has 0 spiro atoms. The highest BCUT2D eigenvalue weighted by molar-refractivity contribution is 7.93. The second-order valence-electron chi connectivity index (χ2n) is 4.63. The van der Waals surface area contributed by atoms with Gasteiger partial charge in [-0.3, -0.25) is 4.79 Å². The lowest BCUT2D eigenvalue weighted by Crippen LogP contribution is -2.39. The van der Waals surface area contributed by atoms with Gasteiger partial charge in [-0.2, -0.15) is 0 Å². The van der Waals surface area contributed by atoms with Crippen molar-refractivity contribution in [2.24, 2.45) is 0 Å². The number of rotatable bonds is 4. The summed E-state index contributed by atoms with van der Waals surface area (Å²) in [6, 6.07) is 4.56. The minimum atomic E-state index is -3.89. The molecule has 0 heterocycles. The molecule has 1 unspecified atom stereocenters.